The van der Waals surface area contributed by atoms with Crippen molar-refractivity contribution in [2.75, 3.05) is 5.32 Å². The second-order valence-electron chi connectivity index (χ2n) is 4.18. The number of hydrogen-bond acceptors (Lipinski definition) is 4. The van der Waals surface area contributed by atoms with E-state index in [9.17, 15) is 18.4 Å². The van der Waals surface area contributed by atoms with Crippen LogP contribution in [0.25, 0.3) is 0 Å². The molecule has 0 atom stereocenters. The number of benzene rings is 1. The van der Waals surface area contributed by atoms with E-state index in [4.69, 9.17) is 5.11 Å². The monoisotopic (exact) mass is 311 g/mol. The number of amides is 1. The van der Waals surface area contributed by atoms with E-state index < -0.39 is 18.5 Å². The Bertz CT molecular complexity index is 670. The number of hydrogen-bond donors (Lipinski definition) is 2. The third-order valence-corrected chi connectivity index (χ3v) is 2.55. The molecule has 1 heterocycles. The van der Waals surface area contributed by atoms with Crippen LogP contribution in [0.1, 0.15) is 10.4 Å². The summed E-state index contributed by atoms with van der Waals surface area (Å²) in [7, 11) is 0. The van der Waals surface area contributed by atoms with Gasteiger partial charge in [0.1, 0.15) is 12.3 Å². The van der Waals surface area contributed by atoms with Crippen LogP contribution in [0.5, 0.6) is 5.75 Å². The van der Waals surface area contributed by atoms with Crippen LogP contribution in [-0.4, -0.2) is 33.4 Å². The Hall–Kier alpha value is -2.97. The van der Waals surface area contributed by atoms with Crippen molar-refractivity contribution in [1.29, 1.82) is 0 Å². The molecule has 0 aliphatic carbocycles. The summed E-state index contributed by atoms with van der Waals surface area (Å²) in [5.74, 6) is -1.60. The topological polar surface area (TPSA) is 93.5 Å². The lowest BCUT2D eigenvalue weighted by Crippen LogP contribution is -2.19. The number of carboxylic acid groups (broad SMARTS) is 1. The summed E-state index contributed by atoms with van der Waals surface area (Å²) < 4.78 is 29.3. The van der Waals surface area contributed by atoms with Gasteiger partial charge in [-0.05, 0) is 24.3 Å². The molecular weight excluding hydrogens is 300 g/mol. The molecule has 0 saturated carbocycles. The number of alkyl halides is 2. The van der Waals surface area contributed by atoms with Crippen LogP contribution in [0.3, 0.4) is 0 Å². The highest BCUT2D eigenvalue weighted by Gasteiger charge is 2.09. The number of nitrogens with zero attached hydrogens (tertiary/aromatic N) is 2. The van der Waals surface area contributed by atoms with Gasteiger partial charge in [0.05, 0.1) is 11.8 Å². The summed E-state index contributed by atoms with van der Waals surface area (Å²) in [6.07, 6.45) is 2.35. The molecule has 1 aromatic heterocycles. The smallest absolute Gasteiger partial charge is 0.387 e. The molecule has 0 aliphatic heterocycles. The standard InChI is InChI=1S/C13H11F2N3O4/c14-13(15)22-10-3-1-9(2-4-10)17-11(19)7-18-6-8(5-16-18)12(20)21/h1-6,13H,7H2,(H,17,19)(H,20,21). The number of halogens is 2. The number of rotatable bonds is 6. The van der Waals surface area contributed by atoms with Gasteiger partial charge in [-0.25, -0.2) is 4.79 Å². The molecule has 0 spiro atoms. The highest BCUT2D eigenvalue weighted by Crippen LogP contribution is 2.17. The van der Waals surface area contributed by atoms with Gasteiger partial charge in [0.25, 0.3) is 0 Å². The van der Waals surface area contributed by atoms with Crippen LogP contribution >= 0.6 is 0 Å². The minimum Gasteiger partial charge on any atom is -0.478 e. The molecule has 0 bridgehead atoms. The van der Waals surface area contributed by atoms with Crippen molar-refractivity contribution in [3.63, 3.8) is 0 Å². The molecule has 2 rings (SSSR count). The Morgan fingerprint density at radius 3 is 2.55 bits per heavy atom. The van der Waals surface area contributed by atoms with Crippen molar-refractivity contribution in [2.24, 2.45) is 0 Å². The van der Waals surface area contributed by atoms with E-state index in [0.29, 0.717) is 5.69 Å². The van der Waals surface area contributed by atoms with E-state index in [0.717, 1.165) is 6.20 Å². The quantitative estimate of drug-likeness (QED) is 0.849. The van der Waals surface area contributed by atoms with Gasteiger partial charge in [0.15, 0.2) is 0 Å². The van der Waals surface area contributed by atoms with Gasteiger partial charge in [-0.1, -0.05) is 0 Å². The van der Waals surface area contributed by atoms with Crippen LogP contribution in [0, 0.1) is 0 Å². The minimum atomic E-state index is -2.91. The molecule has 0 unspecified atom stereocenters. The van der Waals surface area contributed by atoms with Gasteiger partial charge < -0.3 is 15.2 Å². The number of anilines is 1. The summed E-state index contributed by atoms with van der Waals surface area (Å²) in [5, 5.41) is 15.0. The van der Waals surface area contributed by atoms with Gasteiger partial charge in [-0.15, -0.1) is 0 Å². The van der Waals surface area contributed by atoms with Crippen LogP contribution < -0.4 is 10.1 Å². The lowest BCUT2D eigenvalue weighted by atomic mass is 10.3. The summed E-state index contributed by atoms with van der Waals surface area (Å²) >= 11 is 0. The third kappa shape index (κ3) is 4.27. The fraction of sp³-hybridized carbons (Fsp3) is 0.154. The molecule has 22 heavy (non-hydrogen) atoms. The van der Waals surface area contributed by atoms with E-state index in [1.165, 1.54) is 35.1 Å². The first-order chi connectivity index (χ1) is 10.4. The Kier molecular flexibility index (Phi) is 4.66. The fourth-order valence-electron chi connectivity index (χ4n) is 1.63. The van der Waals surface area contributed by atoms with Crippen molar-refractivity contribution in [3.8, 4) is 5.75 Å². The number of carbonyl (C=O) groups is 2. The summed E-state index contributed by atoms with van der Waals surface area (Å²) in [4.78, 5) is 22.4. The molecule has 7 nitrogen and oxygen atoms in total. The lowest BCUT2D eigenvalue weighted by molar-refractivity contribution is -0.116. The van der Waals surface area contributed by atoms with Crippen LogP contribution in [0.2, 0.25) is 0 Å². The molecule has 2 N–H and O–H groups in total. The average Bonchev–Trinajstić information content (AvgIpc) is 2.89. The second-order valence-corrected chi connectivity index (χ2v) is 4.18. The van der Waals surface area contributed by atoms with Gasteiger partial charge >= 0.3 is 12.6 Å². The highest BCUT2D eigenvalue weighted by molar-refractivity contribution is 5.91. The van der Waals surface area contributed by atoms with Gasteiger partial charge in [0.2, 0.25) is 5.91 Å². The molecule has 1 aromatic carbocycles. The Morgan fingerprint density at radius 2 is 2.00 bits per heavy atom. The van der Waals surface area contributed by atoms with Crippen molar-refractivity contribution in [3.05, 3.63) is 42.2 Å². The first kappa shape index (κ1) is 15.4. The fourth-order valence-corrected chi connectivity index (χ4v) is 1.63. The lowest BCUT2D eigenvalue weighted by Gasteiger charge is -2.07. The van der Waals surface area contributed by atoms with E-state index in [1.54, 1.807) is 0 Å². The van der Waals surface area contributed by atoms with Crippen LogP contribution in [0.4, 0.5) is 14.5 Å². The summed E-state index contributed by atoms with van der Waals surface area (Å²) in [5.41, 5.74) is 0.360. The molecule has 0 radical (unpaired) electrons. The average molecular weight is 311 g/mol. The van der Waals surface area contributed by atoms with Gasteiger partial charge in [-0.3, -0.25) is 9.48 Å². The maximum absolute atomic E-state index is 12.0. The van der Waals surface area contributed by atoms with Crippen molar-refractivity contribution in [2.45, 2.75) is 13.2 Å². The van der Waals surface area contributed by atoms with E-state index in [-0.39, 0.29) is 17.9 Å². The molecule has 0 aliphatic rings. The Labute approximate surface area is 123 Å². The number of carboxylic acids is 1. The van der Waals surface area contributed by atoms with E-state index in [2.05, 4.69) is 15.2 Å². The van der Waals surface area contributed by atoms with Crippen molar-refractivity contribution in [1.82, 2.24) is 9.78 Å². The van der Waals surface area contributed by atoms with E-state index in [1.807, 2.05) is 0 Å². The SMILES string of the molecule is O=C(Cn1cc(C(=O)O)cn1)Nc1ccc(OC(F)F)cc1. The first-order valence-corrected chi connectivity index (χ1v) is 6.04. The zero-order valence-electron chi connectivity index (χ0n) is 11.1. The molecule has 116 valence electrons. The number of ether oxygens (including phenoxy) is 1. The zero-order valence-corrected chi connectivity index (χ0v) is 11.1. The maximum atomic E-state index is 12.0. The molecule has 0 fully saturated rings. The Morgan fingerprint density at radius 1 is 1.32 bits per heavy atom. The summed E-state index contributed by atoms with van der Waals surface area (Å²) in [6, 6.07) is 5.39. The van der Waals surface area contributed by atoms with Gasteiger partial charge in [0, 0.05) is 11.9 Å². The largest absolute Gasteiger partial charge is 0.478 e. The molecule has 1 amide bonds. The zero-order chi connectivity index (χ0) is 16.1. The Balaban J connectivity index is 1.92. The highest BCUT2D eigenvalue weighted by atomic mass is 19.3. The molecular formula is C13H11F2N3O4. The predicted octanol–water partition coefficient (Wildman–Crippen LogP) is 1.82. The van der Waals surface area contributed by atoms with E-state index >= 15 is 0 Å². The predicted molar refractivity (Wildman–Crippen MR) is 70.9 cm³/mol. The normalized spacial score (nSPS) is 10.5. The minimum absolute atomic E-state index is 0.0221. The first-order valence-electron chi connectivity index (χ1n) is 6.04. The third-order valence-electron chi connectivity index (χ3n) is 2.55. The number of carbonyl (C=O) groups excluding carboxylic acids is 1. The maximum Gasteiger partial charge on any atom is 0.387 e. The second kappa shape index (κ2) is 6.66. The molecule has 0 saturated heterocycles. The molecule has 2 aromatic rings. The van der Waals surface area contributed by atoms with Crippen LogP contribution in [0.15, 0.2) is 36.7 Å². The molecule has 9 heteroatoms. The van der Waals surface area contributed by atoms with Gasteiger partial charge in [-0.2, -0.15) is 13.9 Å². The summed E-state index contributed by atoms with van der Waals surface area (Å²) in [6.45, 7) is -3.09. The van der Waals surface area contributed by atoms with Crippen LogP contribution in [-0.2, 0) is 11.3 Å². The number of aromatic carboxylic acids is 1. The number of aromatic nitrogens is 2. The number of nitrogens with one attached hydrogen (secondary N) is 1. The van der Waals surface area contributed by atoms with Crippen molar-refractivity contribution < 1.29 is 28.2 Å². The van der Waals surface area contributed by atoms with Crippen molar-refractivity contribution >= 4 is 17.6 Å².